The van der Waals surface area contributed by atoms with Gasteiger partial charge in [0.1, 0.15) is 6.54 Å². The highest BCUT2D eigenvalue weighted by atomic mass is 16.2. The Morgan fingerprint density at radius 3 is 2.64 bits per heavy atom. The van der Waals surface area contributed by atoms with Crippen LogP contribution in [0.4, 0.5) is 5.69 Å². The third-order valence-corrected chi connectivity index (χ3v) is 4.87. The van der Waals surface area contributed by atoms with Crippen LogP contribution in [0.5, 0.6) is 0 Å². The minimum Gasteiger partial charge on any atom is -0.324 e. The SMILES string of the molecule is Cc1cc(C)n(CC(=O)Nc2ccc(C)c(-c3ccc4ccncc4c3)c2)n1. The molecule has 0 aliphatic rings. The lowest BCUT2D eigenvalue weighted by Crippen LogP contribution is -2.20. The van der Waals surface area contributed by atoms with E-state index in [2.05, 4.69) is 40.5 Å². The van der Waals surface area contributed by atoms with Crippen LogP contribution in [-0.4, -0.2) is 20.7 Å². The molecule has 0 aliphatic carbocycles. The number of aromatic nitrogens is 3. The quantitative estimate of drug-likeness (QED) is 0.568. The minimum atomic E-state index is -0.0938. The highest BCUT2D eigenvalue weighted by Crippen LogP contribution is 2.29. The van der Waals surface area contributed by atoms with E-state index in [-0.39, 0.29) is 12.5 Å². The number of anilines is 1. The Morgan fingerprint density at radius 1 is 1.00 bits per heavy atom. The number of aryl methyl sites for hydroxylation is 3. The molecule has 2 aromatic heterocycles. The van der Waals surface area contributed by atoms with Gasteiger partial charge in [0.05, 0.1) is 5.69 Å². The molecular formula is C23H22N4O. The molecule has 1 amide bonds. The third-order valence-electron chi connectivity index (χ3n) is 4.87. The minimum absolute atomic E-state index is 0.0938. The van der Waals surface area contributed by atoms with Crippen molar-refractivity contribution in [1.82, 2.24) is 14.8 Å². The molecule has 0 fully saturated rings. The van der Waals surface area contributed by atoms with Crippen molar-refractivity contribution in [1.29, 1.82) is 0 Å². The number of rotatable bonds is 4. The molecule has 0 unspecified atom stereocenters. The topological polar surface area (TPSA) is 59.8 Å². The molecule has 0 radical (unpaired) electrons. The Morgan fingerprint density at radius 2 is 1.86 bits per heavy atom. The molecule has 0 aliphatic heterocycles. The number of amides is 1. The van der Waals surface area contributed by atoms with Crippen LogP contribution in [0, 0.1) is 20.8 Å². The predicted molar refractivity (Wildman–Crippen MR) is 112 cm³/mol. The summed E-state index contributed by atoms with van der Waals surface area (Å²) in [5.74, 6) is -0.0938. The van der Waals surface area contributed by atoms with Crippen LogP contribution < -0.4 is 5.32 Å². The van der Waals surface area contributed by atoms with Crippen LogP contribution >= 0.6 is 0 Å². The van der Waals surface area contributed by atoms with Crippen molar-refractivity contribution in [2.75, 3.05) is 5.32 Å². The maximum atomic E-state index is 12.5. The fraction of sp³-hybridized carbons (Fsp3) is 0.174. The first-order valence-electron chi connectivity index (χ1n) is 9.25. The Balaban J connectivity index is 1.59. The standard InChI is InChI=1S/C23H22N4O/c1-15-4-7-21(25-23(28)14-27-17(3)10-16(2)26-27)12-22(15)19-6-5-18-8-9-24-13-20(18)11-19/h4-13H,14H2,1-3H3,(H,25,28). The first-order valence-corrected chi connectivity index (χ1v) is 9.25. The van der Waals surface area contributed by atoms with Crippen molar-refractivity contribution < 1.29 is 4.79 Å². The number of nitrogens with one attached hydrogen (secondary N) is 1. The van der Waals surface area contributed by atoms with E-state index >= 15 is 0 Å². The number of carbonyl (C=O) groups excluding carboxylic acids is 1. The smallest absolute Gasteiger partial charge is 0.246 e. The summed E-state index contributed by atoms with van der Waals surface area (Å²) in [7, 11) is 0. The molecule has 5 nitrogen and oxygen atoms in total. The summed E-state index contributed by atoms with van der Waals surface area (Å²) >= 11 is 0. The van der Waals surface area contributed by atoms with Gasteiger partial charge < -0.3 is 5.32 Å². The normalized spacial score (nSPS) is 11.0. The van der Waals surface area contributed by atoms with Crippen LogP contribution in [-0.2, 0) is 11.3 Å². The average molecular weight is 370 g/mol. The molecule has 0 saturated carbocycles. The zero-order chi connectivity index (χ0) is 19.7. The second kappa shape index (κ2) is 7.27. The molecule has 2 heterocycles. The maximum absolute atomic E-state index is 12.5. The molecule has 140 valence electrons. The van der Waals surface area contributed by atoms with E-state index < -0.39 is 0 Å². The van der Waals surface area contributed by atoms with E-state index in [1.165, 1.54) is 0 Å². The van der Waals surface area contributed by atoms with E-state index in [1.54, 1.807) is 10.9 Å². The Labute approximate surface area is 164 Å². The Kier molecular flexibility index (Phi) is 4.65. The molecule has 0 spiro atoms. The van der Waals surface area contributed by atoms with Crippen molar-refractivity contribution in [3.05, 3.63) is 77.9 Å². The fourth-order valence-corrected chi connectivity index (χ4v) is 3.43. The van der Waals surface area contributed by atoms with Gasteiger partial charge in [-0.15, -0.1) is 0 Å². The average Bonchev–Trinajstić information content (AvgIpc) is 2.99. The van der Waals surface area contributed by atoms with Gasteiger partial charge in [-0.05, 0) is 73.2 Å². The zero-order valence-electron chi connectivity index (χ0n) is 16.2. The van der Waals surface area contributed by atoms with Gasteiger partial charge in [0.2, 0.25) is 5.91 Å². The van der Waals surface area contributed by atoms with Crippen molar-refractivity contribution in [3.63, 3.8) is 0 Å². The number of fused-ring (bicyclic) bond motifs is 1. The van der Waals surface area contributed by atoms with Gasteiger partial charge >= 0.3 is 0 Å². The van der Waals surface area contributed by atoms with E-state index in [0.717, 1.165) is 44.5 Å². The number of carbonyl (C=O) groups is 1. The number of hydrogen-bond donors (Lipinski definition) is 1. The molecule has 28 heavy (non-hydrogen) atoms. The summed E-state index contributed by atoms with van der Waals surface area (Å²) in [5.41, 5.74) is 6.01. The molecule has 0 saturated heterocycles. The lowest BCUT2D eigenvalue weighted by Gasteiger charge is -2.12. The molecule has 5 heteroatoms. The summed E-state index contributed by atoms with van der Waals surface area (Å²) < 4.78 is 1.72. The fourth-order valence-electron chi connectivity index (χ4n) is 3.43. The van der Waals surface area contributed by atoms with Crippen molar-refractivity contribution >= 4 is 22.4 Å². The van der Waals surface area contributed by atoms with E-state index in [4.69, 9.17) is 0 Å². The molecule has 0 bridgehead atoms. The first-order chi connectivity index (χ1) is 13.5. The number of hydrogen-bond acceptors (Lipinski definition) is 3. The molecule has 4 aromatic rings. The van der Waals surface area contributed by atoms with Crippen LogP contribution in [0.1, 0.15) is 17.0 Å². The summed E-state index contributed by atoms with van der Waals surface area (Å²) in [5, 5.41) is 9.59. The van der Waals surface area contributed by atoms with Crippen LogP contribution in [0.3, 0.4) is 0 Å². The maximum Gasteiger partial charge on any atom is 0.246 e. The molecule has 4 rings (SSSR count). The van der Waals surface area contributed by atoms with Gasteiger partial charge in [-0.3, -0.25) is 14.5 Å². The number of benzene rings is 2. The van der Waals surface area contributed by atoms with E-state index in [0.29, 0.717) is 0 Å². The molecule has 2 aromatic carbocycles. The van der Waals surface area contributed by atoms with Gasteiger partial charge in [0.25, 0.3) is 0 Å². The van der Waals surface area contributed by atoms with Gasteiger partial charge in [0, 0.05) is 29.2 Å². The number of nitrogens with zero attached hydrogens (tertiary/aromatic N) is 3. The van der Waals surface area contributed by atoms with Crippen LogP contribution in [0.25, 0.3) is 21.9 Å². The lowest BCUT2D eigenvalue weighted by atomic mass is 9.98. The zero-order valence-corrected chi connectivity index (χ0v) is 16.2. The van der Waals surface area contributed by atoms with Crippen molar-refractivity contribution in [2.45, 2.75) is 27.3 Å². The number of pyridine rings is 1. The monoisotopic (exact) mass is 370 g/mol. The van der Waals surface area contributed by atoms with Crippen LogP contribution in [0.15, 0.2) is 60.9 Å². The summed E-state index contributed by atoms with van der Waals surface area (Å²) in [6.07, 6.45) is 3.67. The molecule has 0 atom stereocenters. The van der Waals surface area contributed by atoms with Crippen molar-refractivity contribution in [2.24, 2.45) is 0 Å². The molecular weight excluding hydrogens is 348 g/mol. The highest BCUT2D eigenvalue weighted by Gasteiger charge is 2.10. The largest absolute Gasteiger partial charge is 0.324 e. The van der Waals surface area contributed by atoms with Gasteiger partial charge in [-0.2, -0.15) is 5.10 Å². The van der Waals surface area contributed by atoms with Crippen molar-refractivity contribution in [3.8, 4) is 11.1 Å². The third kappa shape index (κ3) is 3.64. The summed E-state index contributed by atoms with van der Waals surface area (Å²) in [6, 6.07) is 16.3. The Hall–Kier alpha value is -3.47. The summed E-state index contributed by atoms with van der Waals surface area (Å²) in [4.78, 5) is 16.7. The van der Waals surface area contributed by atoms with Gasteiger partial charge in [0.15, 0.2) is 0 Å². The Bertz CT molecular complexity index is 1180. The lowest BCUT2D eigenvalue weighted by molar-refractivity contribution is -0.116. The van der Waals surface area contributed by atoms with Gasteiger partial charge in [-0.25, -0.2) is 0 Å². The van der Waals surface area contributed by atoms with E-state index in [1.807, 2.05) is 50.4 Å². The summed E-state index contributed by atoms with van der Waals surface area (Å²) in [6.45, 7) is 6.15. The second-order valence-electron chi connectivity index (χ2n) is 7.10. The first kappa shape index (κ1) is 17.9. The molecule has 1 N–H and O–H groups in total. The van der Waals surface area contributed by atoms with Gasteiger partial charge in [-0.1, -0.05) is 18.2 Å². The second-order valence-corrected chi connectivity index (χ2v) is 7.10. The highest BCUT2D eigenvalue weighted by molar-refractivity contribution is 5.92. The van der Waals surface area contributed by atoms with Crippen LogP contribution in [0.2, 0.25) is 0 Å². The predicted octanol–water partition coefficient (Wildman–Crippen LogP) is 4.66. The van der Waals surface area contributed by atoms with E-state index in [9.17, 15) is 4.79 Å².